The summed E-state index contributed by atoms with van der Waals surface area (Å²) in [6, 6.07) is 5.34. The SMILES string of the molecule is CC(CO)CNCc1cc(Br)ccc1O.Cl. The number of aliphatic hydroxyl groups is 1. The Balaban J connectivity index is 0.00000225. The average Bonchev–Trinajstić information content (AvgIpc) is 2.23. The lowest BCUT2D eigenvalue weighted by atomic mass is 10.1. The molecule has 0 bridgehead atoms. The van der Waals surface area contributed by atoms with E-state index >= 15 is 0 Å². The maximum Gasteiger partial charge on any atom is 0.120 e. The van der Waals surface area contributed by atoms with Crippen LogP contribution in [0.4, 0.5) is 0 Å². The standard InChI is InChI=1S/C11H16BrNO2.ClH/c1-8(7-14)5-13-6-9-4-10(12)2-3-11(9)15;/h2-4,8,13-15H,5-7H2,1H3;1H. The minimum Gasteiger partial charge on any atom is -0.508 e. The van der Waals surface area contributed by atoms with Gasteiger partial charge in [-0.15, -0.1) is 12.4 Å². The molecule has 1 unspecified atom stereocenters. The van der Waals surface area contributed by atoms with Crippen LogP contribution in [0.25, 0.3) is 0 Å². The first kappa shape index (κ1) is 15.7. The molecule has 0 aromatic heterocycles. The number of benzene rings is 1. The van der Waals surface area contributed by atoms with E-state index in [-0.39, 0.29) is 24.9 Å². The minimum absolute atomic E-state index is 0. The first-order valence-corrected chi connectivity index (χ1v) is 5.71. The summed E-state index contributed by atoms with van der Waals surface area (Å²) >= 11 is 3.35. The van der Waals surface area contributed by atoms with Crippen molar-refractivity contribution in [1.82, 2.24) is 5.32 Å². The molecule has 0 fully saturated rings. The second-order valence-electron chi connectivity index (χ2n) is 3.69. The number of aliphatic hydroxyl groups excluding tert-OH is 1. The fourth-order valence-electron chi connectivity index (χ4n) is 1.21. The molecular weight excluding hydrogens is 293 g/mol. The molecule has 0 radical (unpaired) electrons. The van der Waals surface area contributed by atoms with E-state index in [0.717, 1.165) is 16.6 Å². The quantitative estimate of drug-likeness (QED) is 0.782. The van der Waals surface area contributed by atoms with Crippen LogP contribution in [0.2, 0.25) is 0 Å². The third kappa shape index (κ3) is 5.16. The normalized spacial score (nSPS) is 11.9. The summed E-state index contributed by atoms with van der Waals surface area (Å²) in [5.41, 5.74) is 0.856. The fraction of sp³-hybridized carbons (Fsp3) is 0.455. The highest BCUT2D eigenvalue weighted by Crippen LogP contribution is 2.21. The van der Waals surface area contributed by atoms with Crippen LogP contribution in [0.1, 0.15) is 12.5 Å². The lowest BCUT2D eigenvalue weighted by Crippen LogP contribution is -2.22. The highest BCUT2D eigenvalue weighted by molar-refractivity contribution is 9.10. The number of hydrogen-bond donors (Lipinski definition) is 3. The molecule has 0 heterocycles. The average molecular weight is 311 g/mol. The smallest absolute Gasteiger partial charge is 0.120 e. The molecule has 0 spiro atoms. The molecule has 0 saturated heterocycles. The van der Waals surface area contributed by atoms with Crippen molar-refractivity contribution in [2.75, 3.05) is 13.2 Å². The van der Waals surface area contributed by atoms with E-state index in [1.165, 1.54) is 0 Å². The largest absolute Gasteiger partial charge is 0.508 e. The molecule has 0 aliphatic carbocycles. The monoisotopic (exact) mass is 309 g/mol. The van der Waals surface area contributed by atoms with Gasteiger partial charge in [0.05, 0.1) is 0 Å². The zero-order chi connectivity index (χ0) is 11.3. The van der Waals surface area contributed by atoms with Gasteiger partial charge < -0.3 is 15.5 Å². The zero-order valence-corrected chi connectivity index (χ0v) is 11.5. The molecule has 1 atom stereocenters. The summed E-state index contributed by atoms with van der Waals surface area (Å²) in [5, 5.41) is 21.6. The molecule has 0 aliphatic rings. The third-order valence-electron chi connectivity index (χ3n) is 2.16. The molecule has 92 valence electrons. The van der Waals surface area contributed by atoms with Gasteiger partial charge in [-0.05, 0) is 24.1 Å². The van der Waals surface area contributed by atoms with Crippen LogP contribution in [0, 0.1) is 5.92 Å². The summed E-state index contributed by atoms with van der Waals surface area (Å²) in [7, 11) is 0. The number of aromatic hydroxyl groups is 1. The molecule has 0 amide bonds. The predicted octanol–water partition coefficient (Wildman–Crippen LogP) is 2.29. The van der Waals surface area contributed by atoms with E-state index in [9.17, 15) is 5.11 Å². The first-order chi connectivity index (χ1) is 7.13. The molecular formula is C11H17BrClNO2. The van der Waals surface area contributed by atoms with E-state index in [1.54, 1.807) is 12.1 Å². The zero-order valence-electron chi connectivity index (χ0n) is 9.11. The minimum atomic E-state index is 0. The lowest BCUT2D eigenvalue weighted by Gasteiger charge is -2.10. The Morgan fingerprint density at radius 1 is 1.44 bits per heavy atom. The van der Waals surface area contributed by atoms with Gasteiger partial charge in [0.1, 0.15) is 5.75 Å². The van der Waals surface area contributed by atoms with Crippen molar-refractivity contribution in [3.8, 4) is 5.75 Å². The summed E-state index contributed by atoms with van der Waals surface area (Å²) in [6.45, 7) is 3.49. The number of nitrogens with one attached hydrogen (secondary N) is 1. The Morgan fingerprint density at radius 2 is 2.12 bits per heavy atom. The maximum atomic E-state index is 9.55. The highest BCUT2D eigenvalue weighted by Gasteiger charge is 2.03. The van der Waals surface area contributed by atoms with Gasteiger partial charge in [0, 0.05) is 29.7 Å². The highest BCUT2D eigenvalue weighted by atomic mass is 79.9. The van der Waals surface area contributed by atoms with Gasteiger partial charge in [0.15, 0.2) is 0 Å². The molecule has 1 aromatic carbocycles. The summed E-state index contributed by atoms with van der Waals surface area (Å²) in [4.78, 5) is 0. The van der Waals surface area contributed by atoms with E-state index in [1.807, 2.05) is 13.0 Å². The van der Waals surface area contributed by atoms with Crippen LogP contribution in [0.15, 0.2) is 22.7 Å². The lowest BCUT2D eigenvalue weighted by molar-refractivity contribution is 0.233. The third-order valence-corrected chi connectivity index (χ3v) is 2.65. The number of halogens is 2. The van der Waals surface area contributed by atoms with E-state index in [2.05, 4.69) is 21.2 Å². The first-order valence-electron chi connectivity index (χ1n) is 4.92. The van der Waals surface area contributed by atoms with E-state index in [4.69, 9.17) is 5.11 Å². The van der Waals surface area contributed by atoms with Crippen LogP contribution in [0.3, 0.4) is 0 Å². The number of phenolic OH excluding ortho intramolecular Hbond substituents is 1. The maximum absolute atomic E-state index is 9.55. The Morgan fingerprint density at radius 3 is 2.75 bits per heavy atom. The second-order valence-corrected chi connectivity index (χ2v) is 4.61. The Labute approximate surface area is 110 Å². The van der Waals surface area contributed by atoms with Gasteiger partial charge in [-0.2, -0.15) is 0 Å². The predicted molar refractivity (Wildman–Crippen MR) is 71.0 cm³/mol. The molecule has 16 heavy (non-hydrogen) atoms. The van der Waals surface area contributed by atoms with Gasteiger partial charge in [-0.3, -0.25) is 0 Å². The van der Waals surface area contributed by atoms with Crippen LogP contribution in [-0.2, 0) is 6.54 Å². The Bertz CT molecular complexity index is 323. The molecule has 1 aromatic rings. The van der Waals surface area contributed by atoms with Crippen LogP contribution in [-0.4, -0.2) is 23.4 Å². The topological polar surface area (TPSA) is 52.5 Å². The van der Waals surface area contributed by atoms with E-state index < -0.39 is 0 Å². The van der Waals surface area contributed by atoms with Crippen molar-refractivity contribution >= 4 is 28.3 Å². The van der Waals surface area contributed by atoms with Crippen molar-refractivity contribution in [2.45, 2.75) is 13.5 Å². The molecule has 3 N–H and O–H groups in total. The molecule has 0 saturated carbocycles. The van der Waals surface area contributed by atoms with Crippen LogP contribution in [0.5, 0.6) is 5.75 Å². The molecule has 3 nitrogen and oxygen atoms in total. The number of hydrogen-bond acceptors (Lipinski definition) is 3. The molecule has 5 heteroatoms. The fourth-order valence-corrected chi connectivity index (χ4v) is 1.62. The van der Waals surface area contributed by atoms with Crippen molar-refractivity contribution in [2.24, 2.45) is 5.92 Å². The van der Waals surface area contributed by atoms with Crippen molar-refractivity contribution < 1.29 is 10.2 Å². The van der Waals surface area contributed by atoms with Crippen molar-refractivity contribution in [3.63, 3.8) is 0 Å². The van der Waals surface area contributed by atoms with Gasteiger partial charge >= 0.3 is 0 Å². The van der Waals surface area contributed by atoms with Crippen molar-refractivity contribution in [3.05, 3.63) is 28.2 Å². The van der Waals surface area contributed by atoms with Gasteiger partial charge in [-0.1, -0.05) is 22.9 Å². The summed E-state index contributed by atoms with van der Waals surface area (Å²) in [6.07, 6.45) is 0. The summed E-state index contributed by atoms with van der Waals surface area (Å²) < 4.78 is 0.951. The van der Waals surface area contributed by atoms with Gasteiger partial charge in [-0.25, -0.2) is 0 Å². The number of rotatable bonds is 5. The van der Waals surface area contributed by atoms with Crippen LogP contribution >= 0.6 is 28.3 Å². The summed E-state index contributed by atoms with van der Waals surface area (Å²) in [5.74, 6) is 0.529. The molecule has 0 aliphatic heterocycles. The Hall–Kier alpha value is -0.290. The Kier molecular flexibility index (Phi) is 7.76. The van der Waals surface area contributed by atoms with E-state index in [0.29, 0.717) is 12.3 Å². The number of phenols is 1. The van der Waals surface area contributed by atoms with Gasteiger partial charge in [0.2, 0.25) is 0 Å². The second kappa shape index (κ2) is 7.90. The van der Waals surface area contributed by atoms with Crippen LogP contribution < -0.4 is 5.32 Å². The molecule has 1 rings (SSSR count). The van der Waals surface area contributed by atoms with Gasteiger partial charge in [0.25, 0.3) is 0 Å². The van der Waals surface area contributed by atoms with Crippen molar-refractivity contribution in [1.29, 1.82) is 0 Å².